The van der Waals surface area contributed by atoms with Crippen LogP contribution >= 0.6 is 57.7 Å². The Bertz CT molecular complexity index is 1030. The number of carboxylic acid groups (broad SMARTS) is 1. The molecule has 3 rings (SSSR count). The number of carbonyl (C=O) groups is 2. The summed E-state index contributed by atoms with van der Waals surface area (Å²) in [6.45, 7) is 0. The molecular weight excluding hydrogens is 428 g/mol. The molecule has 0 aliphatic heterocycles. The molecule has 0 saturated heterocycles. The van der Waals surface area contributed by atoms with E-state index in [9.17, 15) is 9.59 Å². The van der Waals surface area contributed by atoms with Crippen molar-refractivity contribution in [1.82, 2.24) is 0 Å². The van der Waals surface area contributed by atoms with E-state index in [-0.39, 0.29) is 31.2 Å². The minimum Gasteiger partial charge on any atom is -0.478 e. The van der Waals surface area contributed by atoms with Crippen molar-refractivity contribution in [2.75, 3.05) is 5.32 Å². The number of carboxylic acids is 1. The van der Waals surface area contributed by atoms with Gasteiger partial charge in [-0.25, -0.2) is 4.79 Å². The van der Waals surface area contributed by atoms with Crippen molar-refractivity contribution in [2.24, 2.45) is 0 Å². The highest BCUT2D eigenvalue weighted by Crippen LogP contribution is 2.38. The monoisotopic (exact) mass is 433 g/mol. The standard InChI is InChI=1S/C16H7Cl4NO3S/c17-6-1-2-7-12(3-6)25-14(13(7)20)15(22)21-11-4-8(16(23)24)9(18)5-10(11)19/h1-5H,(H,21,22)(H,23,24). The summed E-state index contributed by atoms with van der Waals surface area (Å²) in [6.07, 6.45) is 0. The second-order valence-corrected chi connectivity index (χ2v) is 7.64. The first kappa shape index (κ1) is 18.3. The lowest BCUT2D eigenvalue weighted by atomic mass is 10.2. The number of aromatic carboxylic acids is 1. The maximum atomic E-state index is 12.6. The number of carbonyl (C=O) groups excluding carboxylic acids is 1. The lowest BCUT2D eigenvalue weighted by Gasteiger charge is -2.09. The third-order valence-electron chi connectivity index (χ3n) is 3.33. The van der Waals surface area contributed by atoms with Crippen LogP contribution in [0, 0.1) is 0 Å². The van der Waals surface area contributed by atoms with E-state index in [2.05, 4.69) is 5.32 Å². The molecule has 0 unspecified atom stereocenters. The van der Waals surface area contributed by atoms with Gasteiger partial charge in [-0.05, 0) is 24.3 Å². The van der Waals surface area contributed by atoms with Gasteiger partial charge in [-0.1, -0.05) is 52.5 Å². The molecule has 0 saturated carbocycles. The number of amides is 1. The van der Waals surface area contributed by atoms with E-state index in [1.807, 2.05) is 0 Å². The summed E-state index contributed by atoms with van der Waals surface area (Å²) in [6, 6.07) is 7.57. The summed E-state index contributed by atoms with van der Waals surface area (Å²) in [5.41, 5.74) is -0.0457. The van der Waals surface area contributed by atoms with Crippen LogP contribution in [-0.2, 0) is 0 Å². The van der Waals surface area contributed by atoms with E-state index in [4.69, 9.17) is 51.5 Å². The maximum Gasteiger partial charge on any atom is 0.337 e. The number of hydrogen-bond donors (Lipinski definition) is 2. The van der Waals surface area contributed by atoms with Gasteiger partial charge in [0.1, 0.15) is 4.88 Å². The van der Waals surface area contributed by atoms with Crippen molar-refractivity contribution in [1.29, 1.82) is 0 Å². The molecule has 0 fully saturated rings. The van der Waals surface area contributed by atoms with Crippen LogP contribution in [-0.4, -0.2) is 17.0 Å². The Morgan fingerprint density at radius 2 is 1.72 bits per heavy atom. The number of anilines is 1. The van der Waals surface area contributed by atoms with Gasteiger partial charge in [0.05, 0.1) is 26.3 Å². The van der Waals surface area contributed by atoms with Crippen LogP contribution in [0.1, 0.15) is 20.0 Å². The van der Waals surface area contributed by atoms with Gasteiger partial charge in [-0.3, -0.25) is 4.79 Å². The van der Waals surface area contributed by atoms with Crippen LogP contribution in [0.4, 0.5) is 5.69 Å². The summed E-state index contributed by atoms with van der Waals surface area (Å²) in [4.78, 5) is 24.0. The molecule has 1 aromatic heterocycles. The lowest BCUT2D eigenvalue weighted by molar-refractivity contribution is 0.0696. The van der Waals surface area contributed by atoms with Crippen LogP contribution in [0.5, 0.6) is 0 Å². The number of thiophene rings is 1. The minimum atomic E-state index is -1.23. The van der Waals surface area contributed by atoms with Crippen LogP contribution < -0.4 is 5.32 Å². The molecule has 0 bridgehead atoms. The summed E-state index contributed by atoms with van der Waals surface area (Å²) < 4.78 is 0.760. The Hall–Kier alpha value is -1.50. The van der Waals surface area contributed by atoms with Gasteiger partial charge in [0, 0.05) is 15.1 Å². The van der Waals surface area contributed by atoms with E-state index in [0.29, 0.717) is 10.4 Å². The Balaban J connectivity index is 1.99. The molecule has 1 heterocycles. The van der Waals surface area contributed by atoms with Gasteiger partial charge < -0.3 is 10.4 Å². The van der Waals surface area contributed by atoms with Crippen molar-refractivity contribution in [3.05, 3.63) is 60.9 Å². The molecule has 0 spiro atoms. The number of halogens is 4. The lowest BCUT2D eigenvalue weighted by Crippen LogP contribution is -2.12. The highest BCUT2D eigenvalue weighted by Gasteiger charge is 2.20. The summed E-state index contributed by atoms with van der Waals surface area (Å²) in [5, 5.41) is 13.3. The van der Waals surface area contributed by atoms with Gasteiger partial charge in [0.25, 0.3) is 5.91 Å². The van der Waals surface area contributed by atoms with Gasteiger partial charge in [-0.15, -0.1) is 11.3 Å². The number of hydrogen-bond acceptors (Lipinski definition) is 3. The quantitative estimate of drug-likeness (QED) is 0.496. The largest absolute Gasteiger partial charge is 0.478 e. The molecule has 0 radical (unpaired) electrons. The van der Waals surface area contributed by atoms with Crippen molar-refractivity contribution in [3.8, 4) is 0 Å². The van der Waals surface area contributed by atoms with Crippen molar-refractivity contribution in [2.45, 2.75) is 0 Å². The maximum absolute atomic E-state index is 12.6. The third kappa shape index (κ3) is 3.57. The Labute approximate surface area is 165 Å². The smallest absolute Gasteiger partial charge is 0.337 e. The number of benzene rings is 2. The van der Waals surface area contributed by atoms with E-state index < -0.39 is 11.9 Å². The summed E-state index contributed by atoms with van der Waals surface area (Å²) in [5.74, 6) is -1.74. The molecule has 2 N–H and O–H groups in total. The molecular formula is C16H7Cl4NO3S. The number of nitrogens with one attached hydrogen (secondary N) is 1. The van der Waals surface area contributed by atoms with Gasteiger partial charge in [0.15, 0.2) is 0 Å². The van der Waals surface area contributed by atoms with Crippen molar-refractivity contribution >= 4 is 85.4 Å². The van der Waals surface area contributed by atoms with Crippen LogP contribution in [0.3, 0.4) is 0 Å². The van der Waals surface area contributed by atoms with Gasteiger partial charge in [-0.2, -0.15) is 0 Å². The zero-order valence-corrected chi connectivity index (χ0v) is 15.9. The highest BCUT2D eigenvalue weighted by atomic mass is 35.5. The topological polar surface area (TPSA) is 66.4 Å². The molecule has 2 aromatic carbocycles. The Kier molecular flexibility index (Phi) is 5.14. The fourth-order valence-corrected chi connectivity index (χ4v) is 4.37. The Morgan fingerprint density at radius 1 is 1.00 bits per heavy atom. The van der Waals surface area contributed by atoms with E-state index in [0.717, 1.165) is 4.70 Å². The van der Waals surface area contributed by atoms with E-state index in [1.54, 1.807) is 18.2 Å². The first-order valence-electron chi connectivity index (χ1n) is 6.69. The van der Waals surface area contributed by atoms with Crippen LogP contribution in [0.2, 0.25) is 20.1 Å². The predicted octanol–water partition coefficient (Wildman–Crippen LogP) is 6.47. The second kappa shape index (κ2) is 7.02. The fraction of sp³-hybridized carbons (Fsp3) is 0. The summed E-state index contributed by atoms with van der Waals surface area (Å²) in [7, 11) is 0. The predicted molar refractivity (Wildman–Crippen MR) is 103 cm³/mol. The number of fused-ring (bicyclic) bond motifs is 1. The highest BCUT2D eigenvalue weighted by molar-refractivity contribution is 7.21. The molecule has 0 atom stereocenters. The normalized spacial score (nSPS) is 10.9. The molecule has 1 amide bonds. The average molecular weight is 435 g/mol. The van der Waals surface area contributed by atoms with Gasteiger partial charge >= 0.3 is 5.97 Å². The molecule has 4 nitrogen and oxygen atoms in total. The molecule has 9 heteroatoms. The molecule has 0 aliphatic rings. The SMILES string of the molecule is O=C(O)c1cc(NC(=O)c2sc3cc(Cl)ccc3c2Cl)c(Cl)cc1Cl. The number of rotatable bonds is 3. The third-order valence-corrected chi connectivity index (χ3v) is 5.85. The van der Waals surface area contributed by atoms with Crippen LogP contribution in [0.25, 0.3) is 10.1 Å². The van der Waals surface area contributed by atoms with E-state index in [1.165, 1.54) is 23.5 Å². The Morgan fingerprint density at radius 3 is 2.40 bits per heavy atom. The molecule has 0 aliphatic carbocycles. The van der Waals surface area contributed by atoms with Crippen molar-refractivity contribution < 1.29 is 14.7 Å². The first-order valence-corrected chi connectivity index (χ1v) is 9.02. The fourth-order valence-electron chi connectivity index (χ4n) is 2.17. The van der Waals surface area contributed by atoms with Crippen molar-refractivity contribution in [3.63, 3.8) is 0 Å². The minimum absolute atomic E-state index is 0.0231. The zero-order valence-electron chi connectivity index (χ0n) is 12.1. The van der Waals surface area contributed by atoms with Gasteiger partial charge in [0.2, 0.25) is 0 Å². The zero-order chi connectivity index (χ0) is 18.3. The average Bonchev–Trinajstić information content (AvgIpc) is 2.85. The first-order chi connectivity index (χ1) is 11.8. The second-order valence-electron chi connectivity index (χ2n) is 4.96. The molecule has 25 heavy (non-hydrogen) atoms. The van der Waals surface area contributed by atoms with Crippen LogP contribution in [0.15, 0.2) is 30.3 Å². The summed E-state index contributed by atoms with van der Waals surface area (Å²) >= 11 is 25.3. The molecule has 3 aromatic rings. The molecule has 128 valence electrons. The van der Waals surface area contributed by atoms with E-state index >= 15 is 0 Å².